The molecule has 0 spiro atoms. The average Bonchev–Trinajstić information content (AvgIpc) is 3.43. The summed E-state index contributed by atoms with van der Waals surface area (Å²) in [5.74, 6) is -1.42. The Labute approximate surface area is 221 Å². The number of imidazole rings is 1. The highest BCUT2D eigenvalue weighted by atomic mass is 35.5. The van der Waals surface area contributed by atoms with Gasteiger partial charge in [0.1, 0.15) is 11.6 Å². The van der Waals surface area contributed by atoms with Crippen LogP contribution in [0.1, 0.15) is 25.6 Å². The lowest BCUT2D eigenvalue weighted by atomic mass is 9.90. The van der Waals surface area contributed by atoms with Gasteiger partial charge in [-0.2, -0.15) is 9.97 Å². The molecule has 2 aromatic heterocycles. The summed E-state index contributed by atoms with van der Waals surface area (Å²) < 4.78 is 18.6. The van der Waals surface area contributed by atoms with Crippen LogP contribution in [0.3, 0.4) is 0 Å². The highest BCUT2D eigenvalue weighted by molar-refractivity contribution is 6.28. The number of halogens is 1. The molecule has 0 amide bonds. The van der Waals surface area contributed by atoms with Crippen molar-refractivity contribution in [2.24, 2.45) is 5.11 Å². The fraction of sp³-hybridized carbons (Fsp3) is 0.435. The van der Waals surface area contributed by atoms with E-state index in [9.17, 15) is 14.7 Å². The van der Waals surface area contributed by atoms with E-state index in [4.69, 9.17) is 37.1 Å². The molecule has 0 radical (unpaired) electrons. The molecule has 1 aromatic carbocycles. The molecule has 1 saturated heterocycles. The summed E-state index contributed by atoms with van der Waals surface area (Å²) in [4.78, 5) is 40.9. The topological polar surface area (TPSA) is 200 Å². The number of hydrogen-bond donors (Lipinski definition) is 2. The standard InChI is InChI=1S/C23H25ClN8O6/c1-3-36-21(35)23(12(2)33,9-13-7-5-4-6-8-13)37-10-14-15(30-31-26)17(34)20(38-14)32-11-27-16-18(25)28-22(24)29-19(16)32/h4-8,11,14-15,17,20,34H,3,9-10H2,1-2H3,(H2,25,28,29)/t14-,15+,17-,20-,23?/m1/s1. The Kier molecular flexibility index (Phi) is 8.09. The monoisotopic (exact) mass is 544 g/mol. The lowest BCUT2D eigenvalue weighted by Crippen LogP contribution is -2.52. The molecule has 15 heteroatoms. The Balaban J connectivity index is 1.65. The predicted octanol–water partition coefficient (Wildman–Crippen LogP) is 2.15. The molecule has 3 heterocycles. The van der Waals surface area contributed by atoms with E-state index in [1.165, 1.54) is 17.8 Å². The molecule has 1 fully saturated rings. The minimum Gasteiger partial charge on any atom is -0.463 e. The van der Waals surface area contributed by atoms with Gasteiger partial charge in [-0.05, 0) is 36.5 Å². The van der Waals surface area contributed by atoms with Crippen LogP contribution in [0.4, 0.5) is 5.82 Å². The first-order valence-corrected chi connectivity index (χ1v) is 12.0. The number of esters is 1. The summed E-state index contributed by atoms with van der Waals surface area (Å²) in [5, 5.41) is 14.6. The normalized spacial score (nSPS) is 22.5. The molecule has 0 saturated carbocycles. The molecule has 4 rings (SSSR count). The maximum absolute atomic E-state index is 13.1. The van der Waals surface area contributed by atoms with Crippen molar-refractivity contribution >= 4 is 40.3 Å². The number of rotatable bonds is 10. The highest BCUT2D eigenvalue weighted by Crippen LogP contribution is 2.35. The summed E-state index contributed by atoms with van der Waals surface area (Å²) >= 11 is 5.95. The second kappa shape index (κ2) is 11.3. The molecule has 0 aliphatic carbocycles. The number of ether oxygens (including phenoxy) is 3. The third-order valence-electron chi connectivity index (χ3n) is 6.18. The number of aliphatic hydroxyl groups excluding tert-OH is 1. The number of fused-ring (bicyclic) bond motifs is 1. The summed E-state index contributed by atoms with van der Waals surface area (Å²) in [6.07, 6.45) is -2.37. The fourth-order valence-electron chi connectivity index (χ4n) is 4.30. The number of aromatic nitrogens is 4. The number of azide groups is 1. The SMILES string of the molecule is CCOC(=O)C(Cc1ccccc1)(OC[C@H]1O[C@@H](n2cnc3c(N)nc(Cl)nc32)[C@H](O)[C@H]1N=[N+]=[N-])C(C)=O. The van der Waals surface area contributed by atoms with Crippen LogP contribution in [0.25, 0.3) is 21.6 Å². The molecular formula is C23H25ClN8O6. The van der Waals surface area contributed by atoms with Gasteiger partial charge in [-0.1, -0.05) is 35.4 Å². The van der Waals surface area contributed by atoms with Crippen molar-refractivity contribution in [3.63, 3.8) is 0 Å². The molecule has 1 aliphatic rings. The van der Waals surface area contributed by atoms with Crippen LogP contribution in [0.5, 0.6) is 0 Å². The molecule has 38 heavy (non-hydrogen) atoms. The Morgan fingerprint density at radius 1 is 1.34 bits per heavy atom. The first kappa shape index (κ1) is 27.2. The molecule has 1 aliphatic heterocycles. The van der Waals surface area contributed by atoms with Gasteiger partial charge in [0.05, 0.1) is 31.7 Å². The van der Waals surface area contributed by atoms with Gasteiger partial charge in [0, 0.05) is 11.3 Å². The number of ketones is 1. The molecular weight excluding hydrogens is 520 g/mol. The third kappa shape index (κ3) is 5.12. The minimum absolute atomic E-state index is 0.0231. The van der Waals surface area contributed by atoms with E-state index >= 15 is 0 Å². The number of carbonyl (C=O) groups excluding carboxylic acids is 2. The van der Waals surface area contributed by atoms with E-state index < -0.39 is 48.4 Å². The zero-order valence-electron chi connectivity index (χ0n) is 20.5. The fourth-order valence-corrected chi connectivity index (χ4v) is 4.47. The molecule has 3 aromatic rings. The van der Waals surface area contributed by atoms with Crippen molar-refractivity contribution < 1.29 is 28.9 Å². The Morgan fingerprint density at radius 2 is 2.08 bits per heavy atom. The first-order chi connectivity index (χ1) is 18.2. The third-order valence-corrected chi connectivity index (χ3v) is 6.35. The maximum atomic E-state index is 13.1. The Bertz CT molecular complexity index is 1380. The van der Waals surface area contributed by atoms with Gasteiger partial charge < -0.3 is 25.1 Å². The van der Waals surface area contributed by atoms with E-state index in [1.54, 1.807) is 37.3 Å². The van der Waals surface area contributed by atoms with Gasteiger partial charge in [0.15, 0.2) is 23.5 Å². The highest BCUT2D eigenvalue weighted by Gasteiger charge is 2.50. The van der Waals surface area contributed by atoms with Crippen molar-refractivity contribution in [2.75, 3.05) is 18.9 Å². The van der Waals surface area contributed by atoms with Crippen LogP contribution in [0, 0.1) is 0 Å². The summed E-state index contributed by atoms with van der Waals surface area (Å²) in [5.41, 5.74) is 14.1. The predicted molar refractivity (Wildman–Crippen MR) is 134 cm³/mol. The smallest absolute Gasteiger partial charge is 0.346 e. The number of nitrogen functional groups attached to an aromatic ring is 1. The second-order valence-corrected chi connectivity index (χ2v) is 8.87. The summed E-state index contributed by atoms with van der Waals surface area (Å²) in [6, 6.07) is 7.68. The van der Waals surface area contributed by atoms with Crippen LogP contribution in [0.15, 0.2) is 41.8 Å². The van der Waals surface area contributed by atoms with Crippen molar-refractivity contribution in [1.82, 2.24) is 19.5 Å². The van der Waals surface area contributed by atoms with Crippen molar-refractivity contribution in [1.29, 1.82) is 0 Å². The van der Waals surface area contributed by atoms with Crippen LogP contribution in [-0.4, -0.2) is 73.4 Å². The molecule has 0 bridgehead atoms. The Morgan fingerprint density at radius 3 is 2.74 bits per heavy atom. The number of nitrogens with two attached hydrogens (primary N) is 1. The zero-order chi connectivity index (χ0) is 27.4. The van der Waals surface area contributed by atoms with Gasteiger partial charge >= 0.3 is 5.97 Å². The van der Waals surface area contributed by atoms with E-state index in [1.807, 2.05) is 0 Å². The van der Waals surface area contributed by atoms with Crippen LogP contribution < -0.4 is 5.73 Å². The Hall–Kier alpha value is -3.81. The maximum Gasteiger partial charge on any atom is 0.346 e. The zero-order valence-corrected chi connectivity index (χ0v) is 21.2. The number of benzene rings is 1. The first-order valence-electron chi connectivity index (χ1n) is 11.6. The molecule has 3 N–H and O–H groups in total. The minimum atomic E-state index is -2.00. The van der Waals surface area contributed by atoms with Gasteiger partial charge in [-0.3, -0.25) is 9.36 Å². The lowest BCUT2D eigenvalue weighted by Gasteiger charge is -2.31. The van der Waals surface area contributed by atoms with Crippen molar-refractivity contribution in [3.8, 4) is 0 Å². The molecule has 200 valence electrons. The molecule has 14 nitrogen and oxygen atoms in total. The van der Waals surface area contributed by atoms with Gasteiger partial charge in [-0.15, -0.1) is 0 Å². The average molecular weight is 545 g/mol. The number of Topliss-reactive ketones (excluding diaryl/α,β-unsaturated/α-hetero) is 1. The number of anilines is 1. The molecule has 5 atom stereocenters. The van der Waals surface area contributed by atoms with E-state index in [0.29, 0.717) is 5.56 Å². The van der Waals surface area contributed by atoms with Crippen LogP contribution in [-0.2, 0) is 30.2 Å². The molecule has 1 unspecified atom stereocenters. The van der Waals surface area contributed by atoms with E-state index in [2.05, 4.69) is 25.0 Å². The number of carbonyl (C=O) groups is 2. The van der Waals surface area contributed by atoms with Crippen LogP contribution >= 0.6 is 11.6 Å². The summed E-state index contributed by atoms with van der Waals surface area (Å²) in [6.45, 7) is 2.47. The van der Waals surface area contributed by atoms with Crippen molar-refractivity contribution in [3.05, 3.63) is 57.9 Å². The number of aliphatic hydroxyl groups is 1. The lowest BCUT2D eigenvalue weighted by molar-refractivity contribution is -0.181. The van der Waals surface area contributed by atoms with Gasteiger partial charge in [0.2, 0.25) is 10.9 Å². The second-order valence-electron chi connectivity index (χ2n) is 8.53. The summed E-state index contributed by atoms with van der Waals surface area (Å²) in [7, 11) is 0. The largest absolute Gasteiger partial charge is 0.463 e. The number of nitrogens with zero attached hydrogens (tertiary/aromatic N) is 7. The van der Waals surface area contributed by atoms with Crippen molar-refractivity contribution in [2.45, 2.75) is 50.3 Å². The van der Waals surface area contributed by atoms with Crippen LogP contribution in [0.2, 0.25) is 5.28 Å². The van der Waals surface area contributed by atoms with E-state index in [0.717, 1.165) is 0 Å². The van der Waals surface area contributed by atoms with E-state index in [-0.39, 0.29) is 35.3 Å². The quantitative estimate of drug-likeness (QED) is 0.0950. The van der Waals surface area contributed by atoms with Gasteiger partial charge in [-0.25, -0.2) is 9.78 Å². The number of hydrogen-bond acceptors (Lipinski definition) is 11. The van der Waals surface area contributed by atoms with Gasteiger partial charge in [0.25, 0.3) is 0 Å².